The summed E-state index contributed by atoms with van der Waals surface area (Å²) in [6.07, 6.45) is 0. The van der Waals surface area contributed by atoms with Crippen LogP contribution in [0.4, 0.5) is 0 Å². The van der Waals surface area contributed by atoms with E-state index >= 15 is 0 Å². The molecule has 0 radical (unpaired) electrons. The van der Waals surface area contributed by atoms with Crippen molar-refractivity contribution in [2.24, 2.45) is 0 Å². The number of rotatable bonds is 5. The minimum atomic E-state index is 0.289. The third kappa shape index (κ3) is 3.65. The number of aryl methyl sites for hydroxylation is 2. The molecule has 1 aromatic carbocycles. The van der Waals surface area contributed by atoms with E-state index in [2.05, 4.69) is 52.2 Å². The summed E-state index contributed by atoms with van der Waals surface area (Å²) in [7, 11) is 0. The van der Waals surface area contributed by atoms with Crippen LogP contribution < -0.4 is 5.32 Å². The first-order chi connectivity index (χ1) is 9.51. The molecule has 2 rings (SSSR count). The van der Waals surface area contributed by atoms with Crippen LogP contribution in [0.5, 0.6) is 0 Å². The number of nitrogens with zero attached hydrogens (tertiary/aromatic N) is 1. The van der Waals surface area contributed by atoms with Gasteiger partial charge >= 0.3 is 0 Å². The average Bonchev–Trinajstić information content (AvgIpc) is 2.71. The zero-order valence-corrected chi connectivity index (χ0v) is 14.6. The van der Waals surface area contributed by atoms with Crippen LogP contribution in [0.25, 0.3) is 0 Å². The standard InChI is InChI=1S/C15H19BrN2OS/c1-5-17-10(3)13-8-12(16)6-7-14(13)20-15-18-9(2)11(4)19-15/h6-8,10,17H,5H2,1-4H3. The molecule has 108 valence electrons. The number of benzene rings is 1. The molecule has 1 heterocycles. The second-order valence-electron chi connectivity index (χ2n) is 4.68. The Labute approximate surface area is 132 Å². The summed E-state index contributed by atoms with van der Waals surface area (Å²) in [5, 5.41) is 4.15. The zero-order chi connectivity index (χ0) is 14.7. The Hall–Kier alpha value is -0.780. The van der Waals surface area contributed by atoms with Gasteiger partial charge in [-0.25, -0.2) is 4.98 Å². The molecule has 1 N–H and O–H groups in total. The number of hydrogen-bond donors (Lipinski definition) is 1. The van der Waals surface area contributed by atoms with Gasteiger partial charge in [0.15, 0.2) is 0 Å². The van der Waals surface area contributed by atoms with Crippen LogP contribution in [0.3, 0.4) is 0 Å². The van der Waals surface area contributed by atoms with Crippen molar-refractivity contribution in [2.45, 2.75) is 43.9 Å². The third-order valence-electron chi connectivity index (χ3n) is 3.15. The van der Waals surface area contributed by atoms with Gasteiger partial charge in [-0.3, -0.25) is 0 Å². The maximum Gasteiger partial charge on any atom is 0.261 e. The van der Waals surface area contributed by atoms with Crippen LogP contribution >= 0.6 is 27.7 Å². The Balaban J connectivity index is 2.30. The van der Waals surface area contributed by atoms with Crippen molar-refractivity contribution in [3.05, 3.63) is 39.7 Å². The molecule has 2 aromatic rings. The predicted molar refractivity (Wildman–Crippen MR) is 86.3 cm³/mol. The van der Waals surface area contributed by atoms with Gasteiger partial charge in [0, 0.05) is 15.4 Å². The van der Waals surface area contributed by atoms with Crippen molar-refractivity contribution in [1.82, 2.24) is 10.3 Å². The number of oxazole rings is 1. The molecule has 5 heteroatoms. The van der Waals surface area contributed by atoms with Gasteiger partial charge < -0.3 is 9.73 Å². The highest BCUT2D eigenvalue weighted by atomic mass is 79.9. The second-order valence-corrected chi connectivity index (χ2v) is 6.59. The molecule has 3 nitrogen and oxygen atoms in total. The van der Waals surface area contributed by atoms with E-state index in [0.29, 0.717) is 5.22 Å². The fourth-order valence-corrected chi connectivity index (χ4v) is 3.35. The minimum absolute atomic E-state index is 0.289. The third-order valence-corrected chi connectivity index (χ3v) is 4.59. The Morgan fingerprint density at radius 1 is 1.40 bits per heavy atom. The van der Waals surface area contributed by atoms with Gasteiger partial charge in [0.05, 0.1) is 5.69 Å². The Morgan fingerprint density at radius 2 is 2.15 bits per heavy atom. The predicted octanol–water partition coefficient (Wildman–Crippen LogP) is 4.88. The summed E-state index contributed by atoms with van der Waals surface area (Å²) >= 11 is 5.11. The molecular weight excluding hydrogens is 336 g/mol. The lowest BCUT2D eigenvalue weighted by Gasteiger charge is -2.16. The maximum atomic E-state index is 5.66. The lowest BCUT2D eigenvalue weighted by molar-refractivity contribution is 0.431. The summed E-state index contributed by atoms with van der Waals surface area (Å²) in [4.78, 5) is 5.61. The Morgan fingerprint density at radius 3 is 2.75 bits per heavy atom. The Bertz CT molecular complexity index is 578. The van der Waals surface area contributed by atoms with Gasteiger partial charge in [-0.1, -0.05) is 22.9 Å². The monoisotopic (exact) mass is 354 g/mol. The van der Waals surface area contributed by atoms with Gasteiger partial charge in [0.1, 0.15) is 5.76 Å². The largest absolute Gasteiger partial charge is 0.436 e. The molecule has 0 saturated heterocycles. The van der Waals surface area contributed by atoms with Crippen molar-refractivity contribution in [1.29, 1.82) is 0 Å². The van der Waals surface area contributed by atoms with Crippen LogP contribution in [0.15, 0.2) is 37.2 Å². The van der Waals surface area contributed by atoms with E-state index in [-0.39, 0.29) is 6.04 Å². The van der Waals surface area contributed by atoms with Crippen molar-refractivity contribution in [3.8, 4) is 0 Å². The molecular formula is C15H19BrN2OS. The smallest absolute Gasteiger partial charge is 0.261 e. The SMILES string of the molecule is CCNC(C)c1cc(Br)ccc1Sc1nc(C)c(C)o1. The van der Waals surface area contributed by atoms with Crippen LogP contribution in [0, 0.1) is 13.8 Å². The van der Waals surface area contributed by atoms with Crippen LogP contribution in [-0.4, -0.2) is 11.5 Å². The first kappa shape index (κ1) is 15.6. The second kappa shape index (κ2) is 6.78. The first-order valence-electron chi connectivity index (χ1n) is 6.66. The van der Waals surface area contributed by atoms with Gasteiger partial charge in [-0.05, 0) is 62.8 Å². The van der Waals surface area contributed by atoms with Crippen LogP contribution in [0.2, 0.25) is 0 Å². The zero-order valence-electron chi connectivity index (χ0n) is 12.2. The molecule has 1 atom stereocenters. The Kier molecular flexibility index (Phi) is 5.29. The van der Waals surface area contributed by atoms with E-state index < -0.39 is 0 Å². The molecule has 0 spiro atoms. The summed E-state index contributed by atoms with van der Waals surface area (Å²) in [6, 6.07) is 6.59. The average molecular weight is 355 g/mol. The topological polar surface area (TPSA) is 38.1 Å². The van der Waals surface area contributed by atoms with Gasteiger partial charge in [0.25, 0.3) is 5.22 Å². The van der Waals surface area contributed by atoms with Crippen molar-refractivity contribution >= 4 is 27.7 Å². The number of halogens is 1. The van der Waals surface area contributed by atoms with Crippen molar-refractivity contribution < 1.29 is 4.42 Å². The van der Waals surface area contributed by atoms with Crippen molar-refractivity contribution in [3.63, 3.8) is 0 Å². The molecule has 1 unspecified atom stereocenters. The normalized spacial score (nSPS) is 12.7. The van der Waals surface area contributed by atoms with Crippen molar-refractivity contribution in [2.75, 3.05) is 6.54 Å². The summed E-state index contributed by atoms with van der Waals surface area (Å²) in [6.45, 7) is 9.13. The fraction of sp³-hybridized carbons (Fsp3) is 0.400. The van der Waals surface area contributed by atoms with E-state index in [1.54, 1.807) is 11.8 Å². The minimum Gasteiger partial charge on any atom is -0.436 e. The van der Waals surface area contributed by atoms with Crippen LogP contribution in [0.1, 0.15) is 36.9 Å². The highest BCUT2D eigenvalue weighted by Gasteiger charge is 2.14. The van der Waals surface area contributed by atoms with E-state index in [0.717, 1.165) is 22.5 Å². The van der Waals surface area contributed by atoms with E-state index in [1.165, 1.54) is 10.5 Å². The van der Waals surface area contributed by atoms with Gasteiger partial charge in [-0.2, -0.15) is 0 Å². The molecule has 0 aliphatic rings. The van der Waals surface area contributed by atoms with E-state index in [4.69, 9.17) is 4.42 Å². The molecule has 1 aromatic heterocycles. The summed E-state index contributed by atoms with van der Waals surface area (Å²) in [5.41, 5.74) is 2.20. The molecule has 0 fully saturated rings. The van der Waals surface area contributed by atoms with Gasteiger partial charge in [-0.15, -0.1) is 0 Å². The maximum absolute atomic E-state index is 5.66. The number of aromatic nitrogens is 1. The quantitative estimate of drug-likeness (QED) is 0.830. The number of hydrogen-bond acceptors (Lipinski definition) is 4. The lowest BCUT2D eigenvalue weighted by atomic mass is 10.1. The van der Waals surface area contributed by atoms with E-state index in [1.807, 2.05) is 19.9 Å². The molecule has 0 saturated carbocycles. The highest BCUT2D eigenvalue weighted by Crippen LogP contribution is 2.35. The number of nitrogens with one attached hydrogen (secondary N) is 1. The summed E-state index contributed by atoms with van der Waals surface area (Å²) < 4.78 is 6.75. The highest BCUT2D eigenvalue weighted by molar-refractivity contribution is 9.10. The fourth-order valence-electron chi connectivity index (χ4n) is 1.95. The van der Waals surface area contributed by atoms with E-state index in [9.17, 15) is 0 Å². The molecule has 0 aliphatic carbocycles. The lowest BCUT2D eigenvalue weighted by Crippen LogP contribution is -2.18. The molecule has 0 bridgehead atoms. The molecule has 0 amide bonds. The van der Waals surface area contributed by atoms with Crippen LogP contribution in [-0.2, 0) is 0 Å². The summed E-state index contributed by atoms with van der Waals surface area (Å²) in [5.74, 6) is 0.880. The van der Waals surface area contributed by atoms with Gasteiger partial charge in [0.2, 0.25) is 0 Å². The molecule has 20 heavy (non-hydrogen) atoms. The molecule has 0 aliphatic heterocycles. The first-order valence-corrected chi connectivity index (χ1v) is 8.27.